The highest BCUT2D eigenvalue weighted by Crippen LogP contribution is 2.17. The van der Waals surface area contributed by atoms with E-state index in [1.54, 1.807) is 0 Å². The average Bonchev–Trinajstić information content (AvgIpc) is 2.41. The summed E-state index contributed by atoms with van der Waals surface area (Å²) < 4.78 is 5.42. The Bertz CT molecular complexity index is 507. The van der Waals surface area contributed by atoms with Gasteiger partial charge in [-0.1, -0.05) is 12.5 Å². The van der Waals surface area contributed by atoms with Crippen LogP contribution in [0.2, 0.25) is 0 Å². The Labute approximate surface area is 117 Å². The third-order valence-corrected chi connectivity index (χ3v) is 3.28. The molecule has 0 fully saturated rings. The fraction of sp³-hybridized carbons (Fsp3) is 0.400. The van der Waals surface area contributed by atoms with E-state index in [0.29, 0.717) is 5.56 Å². The third-order valence-electron chi connectivity index (χ3n) is 3.28. The SMILES string of the molecule is O=C(O[C@@H]1/C=C\CCCCC1)c1ccc([N+](=O)[O-])cc1. The van der Waals surface area contributed by atoms with E-state index >= 15 is 0 Å². The van der Waals surface area contributed by atoms with Crippen molar-refractivity contribution in [3.63, 3.8) is 0 Å². The van der Waals surface area contributed by atoms with Crippen LogP contribution in [0.15, 0.2) is 36.4 Å². The van der Waals surface area contributed by atoms with Crippen molar-refractivity contribution in [2.24, 2.45) is 0 Å². The molecule has 5 heteroatoms. The number of allylic oxidation sites excluding steroid dienone is 1. The van der Waals surface area contributed by atoms with Gasteiger partial charge in [0.1, 0.15) is 6.10 Å². The van der Waals surface area contributed by atoms with Crippen LogP contribution in [0.4, 0.5) is 5.69 Å². The summed E-state index contributed by atoms with van der Waals surface area (Å²) in [7, 11) is 0. The predicted octanol–water partition coefficient (Wildman–Crippen LogP) is 3.64. The fourth-order valence-electron chi connectivity index (χ4n) is 2.15. The zero-order valence-corrected chi connectivity index (χ0v) is 11.2. The normalized spacial score (nSPS) is 20.5. The molecule has 1 aliphatic carbocycles. The number of hydrogen-bond acceptors (Lipinski definition) is 4. The van der Waals surface area contributed by atoms with E-state index in [4.69, 9.17) is 4.74 Å². The van der Waals surface area contributed by atoms with Gasteiger partial charge >= 0.3 is 5.97 Å². The number of carbonyl (C=O) groups is 1. The van der Waals surface area contributed by atoms with Crippen molar-refractivity contribution in [2.75, 3.05) is 0 Å². The fourth-order valence-corrected chi connectivity index (χ4v) is 2.15. The van der Waals surface area contributed by atoms with Crippen molar-refractivity contribution in [2.45, 2.75) is 38.2 Å². The summed E-state index contributed by atoms with van der Waals surface area (Å²) in [4.78, 5) is 22.0. The number of carbonyl (C=O) groups excluding carboxylic acids is 1. The molecule has 0 saturated carbocycles. The summed E-state index contributed by atoms with van der Waals surface area (Å²) in [5.74, 6) is -0.435. The molecule has 1 aromatic carbocycles. The Morgan fingerprint density at radius 2 is 1.95 bits per heavy atom. The summed E-state index contributed by atoms with van der Waals surface area (Å²) in [5.41, 5.74) is 0.304. The van der Waals surface area contributed by atoms with Crippen molar-refractivity contribution >= 4 is 11.7 Å². The van der Waals surface area contributed by atoms with Crippen molar-refractivity contribution in [1.29, 1.82) is 0 Å². The molecule has 0 N–H and O–H groups in total. The Hall–Kier alpha value is -2.17. The molecule has 0 aliphatic heterocycles. The standard InChI is InChI=1S/C15H17NO4/c17-15(12-8-10-13(11-9-12)16(18)19)20-14-6-4-2-1-3-5-7-14/h4,6,8-11,14H,1-3,5,7H2/b6-4-/t14-/m1/s1. The molecule has 0 amide bonds. The predicted molar refractivity (Wildman–Crippen MR) is 74.5 cm³/mol. The van der Waals surface area contributed by atoms with Gasteiger partial charge in [0, 0.05) is 12.1 Å². The number of ether oxygens (including phenoxy) is 1. The molecule has 5 nitrogen and oxygen atoms in total. The van der Waals surface area contributed by atoms with Crippen LogP contribution in [-0.2, 0) is 4.74 Å². The van der Waals surface area contributed by atoms with Gasteiger partial charge in [0.05, 0.1) is 10.5 Å². The molecule has 1 atom stereocenters. The minimum absolute atomic E-state index is 0.0348. The average molecular weight is 275 g/mol. The number of non-ortho nitro benzene ring substituents is 1. The Kier molecular flexibility index (Phi) is 4.87. The monoisotopic (exact) mass is 275 g/mol. The molecule has 0 radical (unpaired) electrons. The first-order valence-electron chi connectivity index (χ1n) is 6.79. The zero-order valence-electron chi connectivity index (χ0n) is 11.2. The second-order valence-electron chi connectivity index (χ2n) is 4.81. The van der Waals surface area contributed by atoms with E-state index in [9.17, 15) is 14.9 Å². The van der Waals surface area contributed by atoms with E-state index < -0.39 is 10.9 Å². The van der Waals surface area contributed by atoms with Gasteiger partial charge in [-0.05, 0) is 43.9 Å². The Balaban J connectivity index is 1.99. The van der Waals surface area contributed by atoms with Gasteiger partial charge in [-0.15, -0.1) is 0 Å². The highest BCUT2D eigenvalue weighted by Gasteiger charge is 2.15. The van der Waals surface area contributed by atoms with Gasteiger partial charge < -0.3 is 4.74 Å². The number of nitro groups is 1. The maximum Gasteiger partial charge on any atom is 0.338 e. The van der Waals surface area contributed by atoms with Crippen LogP contribution in [0.25, 0.3) is 0 Å². The van der Waals surface area contributed by atoms with E-state index in [1.807, 2.05) is 12.2 Å². The van der Waals surface area contributed by atoms with Crippen LogP contribution in [0.5, 0.6) is 0 Å². The van der Waals surface area contributed by atoms with Gasteiger partial charge in [-0.3, -0.25) is 10.1 Å². The van der Waals surface area contributed by atoms with Crippen molar-refractivity contribution in [3.8, 4) is 0 Å². The molecule has 0 saturated heterocycles. The number of esters is 1. The number of nitrogens with zero attached hydrogens (tertiary/aromatic N) is 1. The lowest BCUT2D eigenvalue weighted by atomic mass is 10.0. The first kappa shape index (κ1) is 14.2. The summed E-state index contributed by atoms with van der Waals surface area (Å²) >= 11 is 0. The van der Waals surface area contributed by atoms with E-state index in [2.05, 4.69) is 0 Å². The number of hydrogen-bond donors (Lipinski definition) is 0. The maximum atomic E-state index is 12.0. The smallest absolute Gasteiger partial charge is 0.338 e. The lowest BCUT2D eigenvalue weighted by Crippen LogP contribution is -2.17. The van der Waals surface area contributed by atoms with Crippen LogP contribution in [0.1, 0.15) is 42.5 Å². The molecule has 0 bridgehead atoms. The lowest BCUT2D eigenvalue weighted by molar-refractivity contribution is -0.384. The minimum atomic E-state index is -0.493. The van der Waals surface area contributed by atoms with Crippen LogP contribution in [0, 0.1) is 10.1 Å². The van der Waals surface area contributed by atoms with Crippen LogP contribution >= 0.6 is 0 Å². The molecule has 0 spiro atoms. The van der Waals surface area contributed by atoms with Gasteiger partial charge in [-0.25, -0.2) is 4.79 Å². The number of nitro benzene ring substituents is 1. The molecule has 2 rings (SSSR count). The molecular formula is C15H17NO4. The van der Waals surface area contributed by atoms with E-state index in [1.165, 1.54) is 30.7 Å². The largest absolute Gasteiger partial charge is 0.455 e. The third kappa shape index (κ3) is 3.91. The number of rotatable bonds is 3. The molecule has 20 heavy (non-hydrogen) atoms. The molecule has 1 aromatic rings. The Morgan fingerprint density at radius 1 is 1.20 bits per heavy atom. The van der Waals surface area contributed by atoms with Gasteiger partial charge in [0.15, 0.2) is 0 Å². The summed E-state index contributed by atoms with van der Waals surface area (Å²) in [6.45, 7) is 0. The maximum absolute atomic E-state index is 12.0. The van der Waals surface area contributed by atoms with Gasteiger partial charge in [0.25, 0.3) is 5.69 Å². The van der Waals surface area contributed by atoms with Crippen molar-refractivity contribution in [1.82, 2.24) is 0 Å². The highest BCUT2D eigenvalue weighted by molar-refractivity contribution is 5.89. The second-order valence-corrected chi connectivity index (χ2v) is 4.81. The first-order valence-corrected chi connectivity index (χ1v) is 6.79. The van der Waals surface area contributed by atoms with E-state index in [-0.39, 0.29) is 11.8 Å². The van der Waals surface area contributed by atoms with Crippen molar-refractivity contribution < 1.29 is 14.5 Å². The molecule has 1 aliphatic rings. The molecular weight excluding hydrogens is 258 g/mol. The topological polar surface area (TPSA) is 69.4 Å². The first-order chi connectivity index (χ1) is 9.66. The zero-order chi connectivity index (χ0) is 14.4. The Morgan fingerprint density at radius 3 is 2.65 bits per heavy atom. The van der Waals surface area contributed by atoms with E-state index in [0.717, 1.165) is 25.7 Å². The summed E-state index contributed by atoms with van der Waals surface area (Å²) in [5, 5.41) is 10.5. The van der Waals surface area contributed by atoms with Gasteiger partial charge in [0.2, 0.25) is 0 Å². The lowest BCUT2D eigenvalue weighted by Gasteiger charge is -2.16. The molecule has 0 heterocycles. The quantitative estimate of drug-likeness (QED) is 0.365. The summed E-state index contributed by atoms with van der Waals surface area (Å²) in [6.07, 6.45) is 9.01. The van der Waals surface area contributed by atoms with Crippen molar-refractivity contribution in [3.05, 3.63) is 52.1 Å². The van der Waals surface area contributed by atoms with Crippen LogP contribution in [-0.4, -0.2) is 17.0 Å². The summed E-state index contributed by atoms with van der Waals surface area (Å²) in [6, 6.07) is 5.47. The molecule has 0 aromatic heterocycles. The molecule has 0 unspecified atom stereocenters. The minimum Gasteiger partial charge on any atom is -0.455 e. The molecule has 106 valence electrons. The van der Waals surface area contributed by atoms with Crippen LogP contribution in [0.3, 0.4) is 0 Å². The van der Waals surface area contributed by atoms with Gasteiger partial charge in [-0.2, -0.15) is 0 Å². The van der Waals surface area contributed by atoms with Crippen LogP contribution < -0.4 is 0 Å². The second kappa shape index (κ2) is 6.84. The number of benzene rings is 1. The highest BCUT2D eigenvalue weighted by atomic mass is 16.6.